The Bertz CT molecular complexity index is 184. The number of nitrogens with one attached hydrogen (secondary N) is 1. The Morgan fingerprint density at radius 1 is 1.06 bits per heavy atom. The van der Waals surface area contributed by atoms with Gasteiger partial charge in [0.25, 0.3) is 0 Å². The number of nitrogens with zero attached hydrogens (tertiary/aromatic N) is 2. The van der Waals surface area contributed by atoms with E-state index in [9.17, 15) is 0 Å². The van der Waals surface area contributed by atoms with Crippen LogP contribution >= 0.6 is 0 Å². The van der Waals surface area contributed by atoms with Gasteiger partial charge in [-0.05, 0) is 54.8 Å². The topological polar surface area (TPSA) is 18.5 Å². The van der Waals surface area contributed by atoms with Crippen LogP contribution in [0, 0.1) is 0 Å². The molecule has 104 valence electrons. The molecule has 3 heteroatoms. The highest BCUT2D eigenvalue weighted by Gasteiger charge is 2.16. The van der Waals surface area contributed by atoms with E-state index >= 15 is 0 Å². The van der Waals surface area contributed by atoms with Crippen molar-refractivity contribution in [3.05, 3.63) is 0 Å². The normalized spacial score (nSPS) is 14.6. The maximum absolute atomic E-state index is 3.59. The minimum atomic E-state index is 0.216. The van der Waals surface area contributed by atoms with Crippen molar-refractivity contribution < 1.29 is 0 Å². The summed E-state index contributed by atoms with van der Waals surface area (Å²) < 4.78 is 0. The van der Waals surface area contributed by atoms with Crippen molar-refractivity contribution in [2.24, 2.45) is 0 Å². The first-order valence-electron chi connectivity index (χ1n) is 6.90. The van der Waals surface area contributed by atoms with Crippen LogP contribution in [0.3, 0.4) is 0 Å². The van der Waals surface area contributed by atoms with Crippen LogP contribution in [0.5, 0.6) is 0 Å². The van der Waals surface area contributed by atoms with Crippen LogP contribution in [0.15, 0.2) is 0 Å². The van der Waals surface area contributed by atoms with E-state index in [1.54, 1.807) is 0 Å². The predicted octanol–water partition coefficient (Wildman–Crippen LogP) is 2.04. The number of hydrogen-bond acceptors (Lipinski definition) is 3. The average Bonchev–Trinajstić information content (AvgIpc) is 2.19. The van der Waals surface area contributed by atoms with Gasteiger partial charge in [0.05, 0.1) is 0 Å². The second-order valence-corrected chi connectivity index (χ2v) is 6.32. The van der Waals surface area contributed by atoms with Crippen molar-refractivity contribution in [3.63, 3.8) is 0 Å². The number of likely N-dealkylation sites (N-methyl/N-ethyl adjacent to an activating group) is 1. The van der Waals surface area contributed by atoms with E-state index in [4.69, 9.17) is 0 Å². The highest BCUT2D eigenvalue weighted by atomic mass is 15.2. The molecule has 1 unspecified atom stereocenters. The van der Waals surface area contributed by atoms with Crippen molar-refractivity contribution in [2.75, 3.05) is 40.3 Å². The summed E-state index contributed by atoms with van der Waals surface area (Å²) in [5, 5.41) is 3.59. The van der Waals surface area contributed by atoms with Crippen LogP contribution in [0.25, 0.3) is 0 Å². The van der Waals surface area contributed by atoms with Crippen LogP contribution in [0.2, 0.25) is 0 Å². The predicted molar refractivity (Wildman–Crippen MR) is 77.6 cm³/mol. The summed E-state index contributed by atoms with van der Waals surface area (Å²) in [6.45, 7) is 15.8. The van der Waals surface area contributed by atoms with Crippen molar-refractivity contribution in [1.29, 1.82) is 0 Å². The molecular weight excluding hydrogens is 210 g/mol. The van der Waals surface area contributed by atoms with Crippen molar-refractivity contribution in [1.82, 2.24) is 15.1 Å². The second kappa shape index (κ2) is 8.06. The van der Waals surface area contributed by atoms with Gasteiger partial charge in [-0.2, -0.15) is 0 Å². The molecule has 0 aliphatic rings. The Kier molecular flexibility index (Phi) is 8.01. The standard InChI is InChI=1S/C14H33N3/c1-8-9-17(11-10-16(6)7)13(2)12-15-14(3,4)5/h13,15H,8-12H2,1-7H3. The lowest BCUT2D eigenvalue weighted by Crippen LogP contribution is -2.48. The van der Waals surface area contributed by atoms with Crippen molar-refractivity contribution in [2.45, 2.75) is 52.6 Å². The summed E-state index contributed by atoms with van der Waals surface area (Å²) in [7, 11) is 4.28. The van der Waals surface area contributed by atoms with Gasteiger partial charge in [-0.15, -0.1) is 0 Å². The summed E-state index contributed by atoms with van der Waals surface area (Å²) in [4.78, 5) is 4.84. The smallest absolute Gasteiger partial charge is 0.0193 e. The SMILES string of the molecule is CCCN(CCN(C)C)C(C)CNC(C)(C)C. The lowest BCUT2D eigenvalue weighted by Gasteiger charge is -2.32. The third-order valence-corrected chi connectivity index (χ3v) is 2.90. The molecule has 0 amide bonds. The Morgan fingerprint density at radius 3 is 2.06 bits per heavy atom. The molecule has 0 aliphatic heterocycles. The second-order valence-electron chi connectivity index (χ2n) is 6.32. The molecule has 0 rings (SSSR count). The van der Waals surface area contributed by atoms with Crippen LogP contribution < -0.4 is 5.32 Å². The molecule has 0 radical (unpaired) electrons. The van der Waals surface area contributed by atoms with Gasteiger partial charge in [0, 0.05) is 31.2 Å². The van der Waals surface area contributed by atoms with Crippen LogP contribution in [0.1, 0.15) is 41.0 Å². The summed E-state index contributed by atoms with van der Waals surface area (Å²) in [6.07, 6.45) is 1.23. The Labute approximate surface area is 109 Å². The number of hydrogen-bond donors (Lipinski definition) is 1. The van der Waals surface area contributed by atoms with E-state index in [0.29, 0.717) is 6.04 Å². The molecule has 0 aromatic rings. The first-order valence-corrected chi connectivity index (χ1v) is 6.90. The summed E-state index contributed by atoms with van der Waals surface area (Å²) in [6, 6.07) is 0.606. The van der Waals surface area contributed by atoms with Gasteiger partial charge in [-0.1, -0.05) is 6.92 Å². The molecule has 1 atom stereocenters. The molecule has 0 aromatic carbocycles. The van der Waals surface area contributed by atoms with Crippen LogP contribution in [-0.4, -0.2) is 61.7 Å². The summed E-state index contributed by atoms with van der Waals surface area (Å²) in [5.74, 6) is 0. The molecule has 0 heterocycles. The lowest BCUT2D eigenvalue weighted by atomic mass is 10.1. The van der Waals surface area contributed by atoms with Gasteiger partial charge < -0.3 is 10.2 Å². The van der Waals surface area contributed by atoms with Crippen LogP contribution in [0.4, 0.5) is 0 Å². The van der Waals surface area contributed by atoms with Gasteiger partial charge in [-0.25, -0.2) is 0 Å². The number of rotatable bonds is 8. The van der Waals surface area contributed by atoms with Gasteiger partial charge >= 0.3 is 0 Å². The van der Waals surface area contributed by atoms with Crippen molar-refractivity contribution >= 4 is 0 Å². The molecular formula is C14H33N3. The summed E-state index contributed by atoms with van der Waals surface area (Å²) in [5.41, 5.74) is 0.216. The van der Waals surface area contributed by atoms with Gasteiger partial charge in [0.15, 0.2) is 0 Å². The highest BCUT2D eigenvalue weighted by molar-refractivity contribution is 4.76. The van der Waals surface area contributed by atoms with E-state index in [1.165, 1.54) is 13.0 Å². The van der Waals surface area contributed by atoms with E-state index in [0.717, 1.165) is 19.6 Å². The molecule has 0 aliphatic carbocycles. The van der Waals surface area contributed by atoms with Crippen molar-refractivity contribution in [3.8, 4) is 0 Å². The quantitative estimate of drug-likeness (QED) is 0.704. The lowest BCUT2D eigenvalue weighted by molar-refractivity contribution is 0.178. The monoisotopic (exact) mass is 243 g/mol. The minimum absolute atomic E-state index is 0.216. The first kappa shape index (κ1) is 16.9. The van der Waals surface area contributed by atoms with E-state index in [2.05, 4.69) is 63.8 Å². The Morgan fingerprint density at radius 2 is 1.65 bits per heavy atom. The zero-order valence-electron chi connectivity index (χ0n) is 13.0. The molecule has 0 fully saturated rings. The Balaban J connectivity index is 4.09. The van der Waals surface area contributed by atoms with Crippen LogP contribution in [-0.2, 0) is 0 Å². The largest absolute Gasteiger partial charge is 0.311 e. The fourth-order valence-corrected chi connectivity index (χ4v) is 1.75. The van der Waals surface area contributed by atoms with Gasteiger partial charge in [-0.3, -0.25) is 4.90 Å². The van der Waals surface area contributed by atoms with Gasteiger partial charge in [0.2, 0.25) is 0 Å². The first-order chi connectivity index (χ1) is 7.76. The molecule has 0 bridgehead atoms. The van der Waals surface area contributed by atoms with Gasteiger partial charge in [0.1, 0.15) is 0 Å². The molecule has 1 N–H and O–H groups in total. The Hall–Kier alpha value is -0.120. The average molecular weight is 243 g/mol. The maximum atomic E-state index is 3.59. The minimum Gasteiger partial charge on any atom is -0.311 e. The summed E-state index contributed by atoms with van der Waals surface area (Å²) >= 11 is 0. The fourth-order valence-electron chi connectivity index (χ4n) is 1.75. The third kappa shape index (κ3) is 9.57. The highest BCUT2D eigenvalue weighted by Crippen LogP contribution is 2.04. The fraction of sp³-hybridized carbons (Fsp3) is 1.00. The molecule has 17 heavy (non-hydrogen) atoms. The zero-order chi connectivity index (χ0) is 13.5. The molecule has 0 saturated heterocycles. The maximum Gasteiger partial charge on any atom is 0.0193 e. The molecule has 0 aromatic heterocycles. The van der Waals surface area contributed by atoms with E-state index in [-0.39, 0.29) is 5.54 Å². The molecule has 0 spiro atoms. The molecule has 0 saturated carbocycles. The third-order valence-electron chi connectivity index (χ3n) is 2.90. The van der Waals surface area contributed by atoms with E-state index in [1.807, 2.05) is 0 Å². The van der Waals surface area contributed by atoms with E-state index < -0.39 is 0 Å². The zero-order valence-corrected chi connectivity index (χ0v) is 13.0. The molecule has 3 nitrogen and oxygen atoms in total.